The Bertz CT molecular complexity index is 829. The van der Waals surface area contributed by atoms with Crippen LogP contribution >= 0.6 is 0 Å². The topological polar surface area (TPSA) is 110 Å². The van der Waals surface area contributed by atoms with Crippen LogP contribution in [0.5, 0.6) is 0 Å². The SMILES string of the molecule is CCC(=O)Nc1cccc2nc(C(=O)N3CCCC(C(N)=O)C3)cn12. The number of nitrogens with one attached hydrogen (secondary N) is 1. The van der Waals surface area contributed by atoms with E-state index in [0.29, 0.717) is 37.4 Å². The highest BCUT2D eigenvalue weighted by Crippen LogP contribution is 2.20. The maximum Gasteiger partial charge on any atom is 0.274 e. The predicted octanol–water partition coefficient (Wildman–Crippen LogP) is 1.02. The standard InChI is InChI=1S/C17H21N5O3/c1-2-15(23)20-14-7-3-6-13-19-12(10-22(13)14)17(25)21-8-4-5-11(9-21)16(18)24/h3,6-7,10-11H,2,4-5,8-9H2,1H3,(H2,18,24)(H,20,23). The molecular formula is C17H21N5O3. The number of carbonyl (C=O) groups excluding carboxylic acids is 3. The molecule has 1 unspecified atom stereocenters. The van der Waals surface area contributed by atoms with Crippen molar-refractivity contribution in [1.82, 2.24) is 14.3 Å². The number of aromatic nitrogens is 2. The third kappa shape index (κ3) is 3.47. The fourth-order valence-electron chi connectivity index (χ4n) is 3.00. The first kappa shape index (κ1) is 16.9. The summed E-state index contributed by atoms with van der Waals surface area (Å²) in [5.41, 5.74) is 6.22. The summed E-state index contributed by atoms with van der Waals surface area (Å²) in [6, 6.07) is 5.28. The number of imidazole rings is 1. The van der Waals surface area contributed by atoms with Crippen LogP contribution in [0.25, 0.3) is 5.65 Å². The molecule has 1 atom stereocenters. The molecule has 2 aromatic rings. The molecule has 1 aliphatic heterocycles. The zero-order valence-electron chi connectivity index (χ0n) is 14.1. The van der Waals surface area contributed by atoms with E-state index in [1.165, 1.54) is 0 Å². The van der Waals surface area contributed by atoms with Crippen LogP contribution in [0, 0.1) is 5.92 Å². The quantitative estimate of drug-likeness (QED) is 0.863. The molecule has 1 saturated heterocycles. The van der Waals surface area contributed by atoms with E-state index in [1.54, 1.807) is 40.6 Å². The monoisotopic (exact) mass is 343 g/mol. The number of hydrogen-bond acceptors (Lipinski definition) is 4. The van der Waals surface area contributed by atoms with Crippen LogP contribution in [-0.4, -0.2) is 45.1 Å². The average Bonchev–Trinajstić information content (AvgIpc) is 3.06. The van der Waals surface area contributed by atoms with Gasteiger partial charge >= 0.3 is 0 Å². The Kier molecular flexibility index (Phi) is 4.69. The summed E-state index contributed by atoms with van der Waals surface area (Å²) in [6.07, 6.45) is 3.41. The van der Waals surface area contributed by atoms with E-state index < -0.39 is 0 Å². The molecule has 25 heavy (non-hydrogen) atoms. The number of fused-ring (bicyclic) bond motifs is 1. The molecule has 3 rings (SSSR count). The second-order valence-corrected chi connectivity index (χ2v) is 6.16. The molecule has 3 heterocycles. The lowest BCUT2D eigenvalue weighted by Gasteiger charge is -2.30. The highest BCUT2D eigenvalue weighted by Gasteiger charge is 2.28. The Hall–Kier alpha value is -2.90. The Balaban J connectivity index is 1.86. The van der Waals surface area contributed by atoms with Crippen LogP contribution in [-0.2, 0) is 9.59 Å². The van der Waals surface area contributed by atoms with Gasteiger partial charge in [-0.3, -0.25) is 18.8 Å². The lowest BCUT2D eigenvalue weighted by molar-refractivity contribution is -0.123. The van der Waals surface area contributed by atoms with E-state index >= 15 is 0 Å². The number of hydrogen-bond donors (Lipinski definition) is 2. The van der Waals surface area contributed by atoms with Gasteiger partial charge in [-0.15, -0.1) is 0 Å². The lowest BCUT2D eigenvalue weighted by Crippen LogP contribution is -2.44. The maximum atomic E-state index is 12.7. The number of nitrogens with zero attached hydrogens (tertiary/aromatic N) is 3. The van der Waals surface area contributed by atoms with Gasteiger partial charge in [0, 0.05) is 25.7 Å². The Morgan fingerprint density at radius 2 is 2.16 bits per heavy atom. The summed E-state index contributed by atoms with van der Waals surface area (Å²) in [5.74, 6) is -0.479. The number of amides is 3. The van der Waals surface area contributed by atoms with Gasteiger partial charge < -0.3 is 16.0 Å². The second-order valence-electron chi connectivity index (χ2n) is 6.16. The van der Waals surface area contributed by atoms with E-state index in [1.807, 2.05) is 0 Å². The van der Waals surface area contributed by atoms with Gasteiger partial charge in [0.05, 0.1) is 5.92 Å². The zero-order chi connectivity index (χ0) is 18.0. The summed E-state index contributed by atoms with van der Waals surface area (Å²) in [7, 11) is 0. The van der Waals surface area contributed by atoms with Crippen molar-refractivity contribution in [2.24, 2.45) is 11.7 Å². The number of carbonyl (C=O) groups is 3. The minimum atomic E-state index is -0.378. The Labute approximate surface area is 145 Å². The molecule has 1 fully saturated rings. The van der Waals surface area contributed by atoms with Crippen molar-refractivity contribution >= 4 is 29.2 Å². The number of likely N-dealkylation sites (tertiary alicyclic amines) is 1. The summed E-state index contributed by atoms with van der Waals surface area (Å²) in [4.78, 5) is 41.8. The fraction of sp³-hybridized carbons (Fsp3) is 0.412. The number of nitrogens with two attached hydrogens (primary N) is 1. The predicted molar refractivity (Wildman–Crippen MR) is 91.9 cm³/mol. The minimum Gasteiger partial charge on any atom is -0.369 e. The number of pyridine rings is 1. The maximum absolute atomic E-state index is 12.7. The molecule has 8 nitrogen and oxygen atoms in total. The van der Waals surface area contributed by atoms with E-state index in [9.17, 15) is 14.4 Å². The van der Waals surface area contributed by atoms with Crippen molar-refractivity contribution in [1.29, 1.82) is 0 Å². The van der Waals surface area contributed by atoms with E-state index in [2.05, 4.69) is 10.3 Å². The molecule has 3 N–H and O–H groups in total. The van der Waals surface area contributed by atoms with Gasteiger partial charge in [-0.25, -0.2) is 4.98 Å². The van der Waals surface area contributed by atoms with Gasteiger partial charge in [-0.1, -0.05) is 13.0 Å². The van der Waals surface area contributed by atoms with Crippen LogP contribution in [0.3, 0.4) is 0 Å². The normalized spacial score (nSPS) is 17.5. The van der Waals surface area contributed by atoms with Gasteiger partial charge in [0.1, 0.15) is 17.2 Å². The second kappa shape index (κ2) is 6.92. The first-order valence-electron chi connectivity index (χ1n) is 8.36. The van der Waals surface area contributed by atoms with Crippen LogP contribution in [0.2, 0.25) is 0 Å². The van der Waals surface area contributed by atoms with Crippen LogP contribution in [0.1, 0.15) is 36.7 Å². The van der Waals surface area contributed by atoms with Crippen LogP contribution in [0.15, 0.2) is 24.4 Å². The van der Waals surface area contributed by atoms with Crippen molar-refractivity contribution in [3.8, 4) is 0 Å². The molecule has 0 saturated carbocycles. The summed E-state index contributed by atoms with van der Waals surface area (Å²) in [6.45, 7) is 2.67. The fourth-order valence-corrected chi connectivity index (χ4v) is 3.00. The van der Waals surface area contributed by atoms with E-state index in [0.717, 1.165) is 6.42 Å². The summed E-state index contributed by atoms with van der Waals surface area (Å²) in [5, 5.41) is 2.79. The number of anilines is 1. The molecule has 0 spiro atoms. The largest absolute Gasteiger partial charge is 0.369 e. The van der Waals surface area contributed by atoms with Crippen LogP contribution < -0.4 is 11.1 Å². The van der Waals surface area contributed by atoms with Crippen molar-refractivity contribution in [3.63, 3.8) is 0 Å². The van der Waals surface area contributed by atoms with Crippen LogP contribution in [0.4, 0.5) is 5.82 Å². The van der Waals surface area contributed by atoms with Gasteiger partial charge in [-0.05, 0) is 25.0 Å². The first-order valence-corrected chi connectivity index (χ1v) is 8.36. The van der Waals surface area contributed by atoms with E-state index in [-0.39, 0.29) is 29.3 Å². The molecule has 1 aliphatic rings. The highest BCUT2D eigenvalue weighted by atomic mass is 16.2. The first-order chi connectivity index (χ1) is 12.0. The van der Waals surface area contributed by atoms with Crippen molar-refractivity contribution in [2.45, 2.75) is 26.2 Å². The highest BCUT2D eigenvalue weighted by molar-refractivity contribution is 5.94. The number of piperidine rings is 1. The average molecular weight is 343 g/mol. The third-order valence-electron chi connectivity index (χ3n) is 4.41. The molecular weight excluding hydrogens is 322 g/mol. The van der Waals surface area contributed by atoms with Crippen molar-refractivity contribution in [3.05, 3.63) is 30.1 Å². The van der Waals surface area contributed by atoms with Crippen molar-refractivity contribution < 1.29 is 14.4 Å². The van der Waals surface area contributed by atoms with E-state index in [4.69, 9.17) is 5.73 Å². The van der Waals surface area contributed by atoms with Gasteiger partial charge in [0.15, 0.2) is 0 Å². The molecule has 0 radical (unpaired) electrons. The van der Waals surface area contributed by atoms with Gasteiger partial charge in [0.25, 0.3) is 5.91 Å². The molecule has 0 aromatic carbocycles. The Morgan fingerprint density at radius 1 is 1.36 bits per heavy atom. The molecule has 0 bridgehead atoms. The summed E-state index contributed by atoms with van der Waals surface area (Å²) < 4.78 is 1.68. The molecule has 3 amide bonds. The van der Waals surface area contributed by atoms with Gasteiger partial charge in [-0.2, -0.15) is 0 Å². The minimum absolute atomic E-state index is 0.116. The molecule has 2 aromatic heterocycles. The molecule has 8 heteroatoms. The Morgan fingerprint density at radius 3 is 2.88 bits per heavy atom. The smallest absolute Gasteiger partial charge is 0.274 e. The lowest BCUT2D eigenvalue weighted by atomic mass is 9.97. The zero-order valence-corrected chi connectivity index (χ0v) is 14.1. The molecule has 0 aliphatic carbocycles. The van der Waals surface area contributed by atoms with Gasteiger partial charge in [0.2, 0.25) is 11.8 Å². The molecule has 132 valence electrons. The number of primary amides is 1. The number of rotatable bonds is 4. The van der Waals surface area contributed by atoms with Crippen molar-refractivity contribution in [2.75, 3.05) is 18.4 Å². The third-order valence-corrected chi connectivity index (χ3v) is 4.41. The summed E-state index contributed by atoms with van der Waals surface area (Å²) >= 11 is 0.